The fourth-order valence-corrected chi connectivity index (χ4v) is 1.49. The highest BCUT2D eigenvalue weighted by Crippen LogP contribution is 2.25. The summed E-state index contributed by atoms with van der Waals surface area (Å²) in [6.45, 7) is 1.51. The van der Waals surface area contributed by atoms with Crippen molar-refractivity contribution in [3.05, 3.63) is 17.8 Å². The summed E-state index contributed by atoms with van der Waals surface area (Å²) < 4.78 is 10.5. The number of ether oxygens (including phenoxy) is 1. The largest absolute Gasteiger partial charge is 0.438 e. The Kier molecular flexibility index (Phi) is 2.40. The van der Waals surface area contributed by atoms with E-state index in [1.165, 1.54) is 6.20 Å². The van der Waals surface area contributed by atoms with Crippen LogP contribution in [-0.2, 0) is 4.74 Å². The van der Waals surface area contributed by atoms with Gasteiger partial charge >= 0.3 is 0 Å². The van der Waals surface area contributed by atoms with E-state index in [0.29, 0.717) is 23.9 Å². The van der Waals surface area contributed by atoms with Crippen molar-refractivity contribution in [2.24, 2.45) is 0 Å². The van der Waals surface area contributed by atoms with Gasteiger partial charge in [0.2, 0.25) is 0 Å². The number of nitrogens with zero attached hydrogens (tertiary/aromatic N) is 1. The normalized spacial score (nSPS) is 18.8. The number of aromatic nitrogens is 1. The standard InChI is InChI=1S/C9H11NO3/c11-6-8-5-10-9(13-8)7-1-3-12-4-2-7/h5-7H,1-4H2. The molecule has 4 nitrogen and oxygen atoms in total. The van der Waals surface area contributed by atoms with E-state index >= 15 is 0 Å². The van der Waals surface area contributed by atoms with Gasteiger partial charge in [-0.05, 0) is 12.8 Å². The quantitative estimate of drug-likeness (QED) is 0.647. The predicted molar refractivity (Wildman–Crippen MR) is 44.7 cm³/mol. The highest BCUT2D eigenvalue weighted by atomic mass is 16.5. The van der Waals surface area contributed by atoms with Crippen molar-refractivity contribution >= 4 is 6.29 Å². The molecule has 13 heavy (non-hydrogen) atoms. The minimum Gasteiger partial charge on any atom is -0.438 e. The van der Waals surface area contributed by atoms with Crippen molar-refractivity contribution in [3.63, 3.8) is 0 Å². The lowest BCUT2D eigenvalue weighted by Gasteiger charge is -2.18. The minimum absolute atomic E-state index is 0.307. The second-order valence-electron chi connectivity index (χ2n) is 3.11. The molecule has 2 rings (SSSR count). The van der Waals surface area contributed by atoms with E-state index in [1.54, 1.807) is 0 Å². The molecule has 70 valence electrons. The molecular formula is C9H11NO3. The van der Waals surface area contributed by atoms with E-state index in [1.807, 2.05) is 0 Å². The molecule has 1 fully saturated rings. The summed E-state index contributed by atoms with van der Waals surface area (Å²) in [6.07, 6.45) is 4.01. The Morgan fingerprint density at radius 3 is 2.85 bits per heavy atom. The number of hydrogen-bond acceptors (Lipinski definition) is 4. The van der Waals surface area contributed by atoms with E-state index in [2.05, 4.69) is 4.98 Å². The van der Waals surface area contributed by atoms with Gasteiger partial charge in [0.15, 0.2) is 17.9 Å². The minimum atomic E-state index is 0.307. The van der Waals surface area contributed by atoms with Crippen LogP contribution in [0.3, 0.4) is 0 Å². The van der Waals surface area contributed by atoms with E-state index in [4.69, 9.17) is 9.15 Å². The van der Waals surface area contributed by atoms with Crippen molar-refractivity contribution in [2.45, 2.75) is 18.8 Å². The fourth-order valence-electron chi connectivity index (χ4n) is 1.49. The van der Waals surface area contributed by atoms with Gasteiger partial charge in [0.1, 0.15) is 0 Å². The Labute approximate surface area is 75.9 Å². The maximum atomic E-state index is 10.3. The molecule has 1 saturated heterocycles. The summed E-state index contributed by atoms with van der Waals surface area (Å²) in [5.41, 5.74) is 0. The number of carbonyl (C=O) groups is 1. The van der Waals surface area contributed by atoms with Crippen LogP contribution in [0.1, 0.15) is 35.2 Å². The zero-order valence-corrected chi connectivity index (χ0v) is 7.23. The van der Waals surface area contributed by atoms with Gasteiger partial charge in [0.05, 0.1) is 6.20 Å². The molecule has 1 aliphatic heterocycles. The second kappa shape index (κ2) is 3.70. The highest BCUT2D eigenvalue weighted by Gasteiger charge is 2.20. The first-order valence-electron chi connectivity index (χ1n) is 4.39. The maximum absolute atomic E-state index is 10.3. The summed E-state index contributed by atoms with van der Waals surface area (Å²) in [6, 6.07) is 0. The third-order valence-electron chi connectivity index (χ3n) is 2.23. The Bertz CT molecular complexity index is 289. The van der Waals surface area contributed by atoms with Crippen LogP contribution in [0.2, 0.25) is 0 Å². The molecule has 0 amide bonds. The number of aldehydes is 1. The Balaban J connectivity index is 2.09. The van der Waals surface area contributed by atoms with Crippen LogP contribution in [0.15, 0.2) is 10.6 Å². The second-order valence-corrected chi connectivity index (χ2v) is 3.11. The number of oxazole rings is 1. The van der Waals surface area contributed by atoms with Crippen LogP contribution in [0.5, 0.6) is 0 Å². The van der Waals surface area contributed by atoms with Crippen LogP contribution in [0.25, 0.3) is 0 Å². The summed E-state index contributed by atoms with van der Waals surface area (Å²) in [5.74, 6) is 1.30. The molecule has 0 atom stereocenters. The van der Waals surface area contributed by atoms with Gasteiger partial charge in [-0.25, -0.2) is 4.98 Å². The third kappa shape index (κ3) is 1.78. The monoisotopic (exact) mass is 181 g/mol. The van der Waals surface area contributed by atoms with Crippen molar-refractivity contribution in [2.75, 3.05) is 13.2 Å². The molecule has 1 aromatic heterocycles. The number of hydrogen-bond donors (Lipinski definition) is 0. The first kappa shape index (κ1) is 8.44. The molecule has 1 aromatic rings. The van der Waals surface area contributed by atoms with Gasteiger partial charge in [-0.3, -0.25) is 4.79 Å². The Morgan fingerprint density at radius 1 is 1.46 bits per heavy atom. The fraction of sp³-hybridized carbons (Fsp3) is 0.556. The third-order valence-corrected chi connectivity index (χ3v) is 2.23. The molecule has 0 unspecified atom stereocenters. The van der Waals surface area contributed by atoms with Gasteiger partial charge in [-0.2, -0.15) is 0 Å². The molecule has 2 heterocycles. The molecule has 0 N–H and O–H groups in total. The average molecular weight is 181 g/mol. The van der Waals surface area contributed by atoms with Gasteiger partial charge < -0.3 is 9.15 Å². The van der Waals surface area contributed by atoms with Crippen LogP contribution < -0.4 is 0 Å². The first-order chi connectivity index (χ1) is 6.40. The lowest BCUT2D eigenvalue weighted by molar-refractivity contribution is 0.0790. The lowest BCUT2D eigenvalue weighted by Crippen LogP contribution is -2.14. The van der Waals surface area contributed by atoms with Gasteiger partial charge in [0, 0.05) is 19.1 Å². The zero-order valence-electron chi connectivity index (χ0n) is 7.23. The predicted octanol–water partition coefficient (Wildman–Crippen LogP) is 1.38. The number of carbonyl (C=O) groups excluding carboxylic acids is 1. The van der Waals surface area contributed by atoms with E-state index in [0.717, 1.165) is 26.1 Å². The van der Waals surface area contributed by atoms with Crippen LogP contribution in [0, 0.1) is 0 Å². The summed E-state index contributed by atoms with van der Waals surface area (Å²) >= 11 is 0. The van der Waals surface area contributed by atoms with Crippen LogP contribution in [-0.4, -0.2) is 24.5 Å². The summed E-state index contributed by atoms with van der Waals surface area (Å²) in [4.78, 5) is 14.4. The van der Waals surface area contributed by atoms with Gasteiger partial charge in [-0.1, -0.05) is 0 Å². The Hall–Kier alpha value is -1.16. The van der Waals surface area contributed by atoms with Crippen molar-refractivity contribution < 1.29 is 13.9 Å². The van der Waals surface area contributed by atoms with E-state index in [-0.39, 0.29) is 0 Å². The molecule has 0 radical (unpaired) electrons. The SMILES string of the molecule is O=Cc1cnc(C2CCOCC2)o1. The average Bonchev–Trinajstić information content (AvgIpc) is 2.67. The molecular weight excluding hydrogens is 170 g/mol. The van der Waals surface area contributed by atoms with Crippen LogP contribution >= 0.6 is 0 Å². The van der Waals surface area contributed by atoms with Crippen molar-refractivity contribution in [1.29, 1.82) is 0 Å². The molecule has 0 aliphatic carbocycles. The first-order valence-corrected chi connectivity index (χ1v) is 4.39. The molecule has 4 heteroatoms. The summed E-state index contributed by atoms with van der Waals surface area (Å²) in [7, 11) is 0. The highest BCUT2D eigenvalue weighted by molar-refractivity contribution is 5.69. The van der Waals surface area contributed by atoms with E-state index in [9.17, 15) is 4.79 Å². The molecule has 0 saturated carbocycles. The van der Waals surface area contributed by atoms with Gasteiger partial charge in [0.25, 0.3) is 0 Å². The van der Waals surface area contributed by atoms with E-state index < -0.39 is 0 Å². The zero-order chi connectivity index (χ0) is 9.10. The topological polar surface area (TPSA) is 52.3 Å². The maximum Gasteiger partial charge on any atom is 0.198 e. The molecule has 0 aromatic carbocycles. The molecule has 1 aliphatic rings. The van der Waals surface area contributed by atoms with Crippen molar-refractivity contribution in [3.8, 4) is 0 Å². The van der Waals surface area contributed by atoms with Crippen LogP contribution in [0.4, 0.5) is 0 Å². The van der Waals surface area contributed by atoms with Crippen molar-refractivity contribution in [1.82, 2.24) is 4.98 Å². The molecule has 0 spiro atoms. The Morgan fingerprint density at radius 2 is 2.23 bits per heavy atom. The summed E-state index contributed by atoms with van der Waals surface area (Å²) in [5, 5.41) is 0. The lowest BCUT2D eigenvalue weighted by atomic mass is 10.0. The smallest absolute Gasteiger partial charge is 0.198 e. The number of rotatable bonds is 2. The molecule has 0 bridgehead atoms. The van der Waals surface area contributed by atoms with Gasteiger partial charge in [-0.15, -0.1) is 0 Å².